The van der Waals surface area contributed by atoms with E-state index in [1.807, 2.05) is 6.92 Å². The third-order valence-corrected chi connectivity index (χ3v) is 4.39. The highest BCUT2D eigenvalue weighted by Crippen LogP contribution is 2.30. The number of H-pyrrole nitrogens is 1. The van der Waals surface area contributed by atoms with Crippen LogP contribution in [0.25, 0.3) is 0 Å². The summed E-state index contributed by atoms with van der Waals surface area (Å²) in [7, 11) is -5.30. The van der Waals surface area contributed by atoms with E-state index in [4.69, 9.17) is 0 Å². The molecule has 1 heterocycles. The third-order valence-electron chi connectivity index (χ3n) is 2.89. The molecular weight excluding hydrogens is 307 g/mol. The highest BCUT2D eigenvalue weighted by Gasteiger charge is 2.46. The molecule has 1 aromatic heterocycles. The van der Waals surface area contributed by atoms with Gasteiger partial charge in [-0.2, -0.15) is 18.3 Å². The van der Waals surface area contributed by atoms with Crippen LogP contribution >= 0.6 is 0 Å². The van der Waals surface area contributed by atoms with Gasteiger partial charge in [0.15, 0.2) is 0 Å². The molecule has 2 aromatic rings. The van der Waals surface area contributed by atoms with E-state index in [9.17, 15) is 21.6 Å². The number of nitrogens with one attached hydrogen (secondary N) is 2. The van der Waals surface area contributed by atoms with Gasteiger partial charge in [0, 0.05) is 23.5 Å². The van der Waals surface area contributed by atoms with Crippen LogP contribution in [0.1, 0.15) is 11.3 Å². The molecule has 0 radical (unpaired) electrons. The molecule has 0 atom stereocenters. The Balaban J connectivity index is 2.11. The Morgan fingerprint density at radius 1 is 1.24 bits per heavy atom. The van der Waals surface area contributed by atoms with Gasteiger partial charge in [-0.3, -0.25) is 5.10 Å². The quantitative estimate of drug-likeness (QED) is 0.908. The van der Waals surface area contributed by atoms with E-state index in [2.05, 4.69) is 15.5 Å². The highest BCUT2D eigenvalue weighted by molar-refractivity contribution is 7.92. The van der Waals surface area contributed by atoms with Crippen molar-refractivity contribution in [3.8, 4) is 0 Å². The molecular formula is C12H12F3N3O2S. The van der Waals surface area contributed by atoms with Crippen molar-refractivity contribution in [1.29, 1.82) is 0 Å². The van der Waals surface area contributed by atoms with Crippen molar-refractivity contribution in [2.75, 3.05) is 5.32 Å². The minimum Gasteiger partial charge on any atom is -0.381 e. The van der Waals surface area contributed by atoms with Gasteiger partial charge in [0.1, 0.15) is 0 Å². The predicted molar refractivity (Wildman–Crippen MR) is 70.3 cm³/mol. The fraction of sp³-hybridized carbons (Fsp3) is 0.250. The maximum atomic E-state index is 12.4. The molecule has 0 fully saturated rings. The molecule has 0 aliphatic heterocycles. The topological polar surface area (TPSA) is 74.8 Å². The van der Waals surface area contributed by atoms with Crippen LogP contribution in [0.15, 0.2) is 35.4 Å². The van der Waals surface area contributed by atoms with Crippen LogP contribution in [-0.4, -0.2) is 24.1 Å². The molecule has 2 rings (SSSR count). The molecule has 21 heavy (non-hydrogen) atoms. The summed E-state index contributed by atoms with van der Waals surface area (Å²) in [6.45, 7) is 2.26. The van der Waals surface area contributed by atoms with Crippen LogP contribution in [0, 0.1) is 6.92 Å². The van der Waals surface area contributed by atoms with E-state index >= 15 is 0 Å². The Kier molecular flexibility index (Phi) is 3.95. The second-order valence-electron chi connectivity index (χ2n) is 4.35. The molecule has 0 aliphatic rings. The van der Waals surface area contributed by atoms with Crippen molar-refractivity contribution in [3.05, 3.63) is 41.7 Å². The van der Waals surface area contributed by atoms with E-state index in [-0.39, 0.29) is 0 Å². The molecule has 0 amide bonds. The van der Waals surface area contributed by atoms with Gasteiger partial charge in [-0.15, -0.1) is 0 Å². The van der Waals surface area contributed by atoms with Crippen LogP contribution in [0.4, 0.5) is 18.9 Å². The zero-order valence-electron chi connectivity index (χ0n) is 10.9. The fourth-order valence-electron chi connectivity index (χ4n) is 1.64. The maximum Gasteiger partial charge on any atom is 0.501 e. The lowest BCUT2D eigenvalue weighted by Crippen LogP contribution is -2.23. The minimum absolute atomic E-state index is 0.424. The lowest BCUT2D eigenvalue weighted by atomic mass is 10.2. The summed E-state index contributed by atoms with van der Waals surface area (Å²) in [4.78, 5) is -0.778. The number of anilines is 1. The van der Waals surface area contributed by atoms with Gasteiger partial charge in [-0.1, -0.05) is 0 Å². The van der Waals surface area contributed by atoms with Gasteiger partial charge in [0.25, 0.3) is 9.84 Å². The molecule has 0 unspecified atom stereocenters. The maximum absolute atomic E-state index is 12.4. The number of aromatic nitrogens is 2. The zero-order valence-corrected chi connectivity index (χ0v) is 11.7. The molecule has 0 saturated carbocycles. The second-order valence-corrected chi connectivity index (χ2v) is 6.29. The minimum atomic E-state index is -5.30. The number of nitrogens with zero attached hydrogens (tertiary/aromatic N) is 1. The molecule has 2 N–H and O–H groups in total. The summed E-state index contributed by atoms with van der Waals surface area (Å²) in [6.07, 6.45) is 1.63. The number of alkyl halides is 3. The molecule has 9 heteroatoms. The number of aryl methyl sites for hydroxylation is 1. The summed E-state index contributed by atoms with van der Waals surface area (Å²) in [5.41, 5.74) is -3.01. The van der Waals surface area contributed by atoms with E-state index in [1.54, 1.807) is 6.20 Å². The number of halogens is 3. The molecule has 0 spiro atoms. The van der Waals surface area contributed by atoms with Crippen LogP contribution in [0.5, 0.6) is 0 Å². The highest BCUT2D eigenvalue weighted by atomic mass is 32.2. The van der Waals surface area contributed by atoms with Crippen LogP contribution in [0.3, 0.4) is 0 Å². The fourth-order valence-corrected chi connectivity index (χ4v) is 2.40. The largest absolute Gasteiger partial charge is 0.501 e. The second kappa shape index (κ2) is 5.40. The lowest BCUT2D eigenvalue weighted by molar-refractivity contribution is -0.0436. The normalized spacial score (nSPS) is 12.4. The Morgan fingerprint density at radius 2 is 1.86 bits per heavy atom. The first-order chi connectivity index (χ1) is 9.72. The number of sulfone groups is 1. The molecule has 0 saturated heterocycles. The van der Waals surface area contributed by atoms with E-state index < -0.39 is 20.2 Å². The third kappa shape index (κ3) is 3.18. The first-order valence-electron chi connectivity index (χ1n) is 5.86. The predicted octanol–water partition coefficient (Wildman–Crippen LogP) is 2.62. The lowest BCUT2D eigenvalue weighted by Gasteiger charge is -2.09. The van der Waals surface area contributed by atoms with Gasteiger partial charge < -0.3 is 5.32 Å². The van der Waals surface area contributed by atoms with E-state index in [1.165, 1.54) is 12.1 Å². The summed E-state index contributed by atoms with van der Waals surface area (Å²) in [5, 5.41) is 9.56. The van der Waals surface area contributed by atoms with Gasteiger partial charge >= 0.3 is 5.51 Å². The first-order valence-corrected chi connectivity index (χ1v) is 7.34. The molecule has 0 aliphatic carbocycles. The summed E-state index contributed by atoms with van der Waals surface area (Å²) in [5.74, 6) is 0. The Hall–Kier alpha value is -2.03. The monoisotopic (exact) mass is 319 g/mol. The molecule has 114 valence electrons. The van der Waals surface area contributed by atoms with Gasteiger partial charge in [-0.25, -0.2) is 8.42 Å². The van der Waals surface area contributed by atoms with Crippen molar-refractivity contribution in [2.45, 2.75) is 23.9 Å². The summed E-state index contributed by atoms with van der Waals surface area (Å²) >= 11 is 0. The number of benzene rings is 1. The van der Waals surface area contributed by atoms with Crippen LogP contribution < -0.4 is 5.32 Å². The molecule has 1 aromatic carbocycles. The Bertz CT molecular complexity index is 721. The molecule has 5 nitrogen and oxygen atoms in total. The average molecular weight is 319 g/mol. The standard InChI is InChI=1S/C12H12F3N3O2S/c1-8-9(7-17-18-8)6-16-10-2-4-11(5-3-10)21(19,20)12(13,14)15/h2-5,7,16H,6H2,1H3,(H,17,18). The molecule has 0 bridgehead atoms. The van der Waals surface area contributed by atoms with Crippen molar-refractivity contribution in [1.82, 2.24) is 10.2 Å². The van der Waals surface area contributed by atoms with Crippen molar-refractivity contribution >= 4 is 15.5 Å². The van der Waals surface area contributed by atoms with Crippen molar-refractivity contribution < 1.29 is 21.6 Å². The summed E-state index contributed by atoms with van der Waals surface area (Å²) < 4.78 is 59.5. The summed E-state index contributed by atoms with van der Waals surface area (Å²) in [6, 6.07) is 4.42. The van der Waals surface area contributed by atoms with E-state index in [0.29, 0.717) is 12.2 Å². The smallest absolute Gasteiger partial charge is 0.381 e. The van der Waals surface area contributed by atoms with Crippen LogP contribution in [0.2, 0.25) is 0 Å². The average Bonchev–Trinajstić information content (AvgIpc) is 2.81. The van der Waals surface area contributed by atoms with Crippen molar-refractivity contribution in [2.24, 2.45) is 0 Å². The van der Waals surface area contributed by atoms with E-state index in [0.717, 1.165) is 23.4 Å². The Labute approximate surface area is 119 Å². The number of aromatic amines is 1. The van der Waals surface area contributed by atoms with Gasteiger partial charge in [0.05, 0.1) is 11.1 Å². The Morgan fingerprint density at radius 3 is 2.33 bits per heavy atom. The van der Waals surface area contributed by atoms with Crippen molar-refractivity contribution in [3.63, 3.8) is 0 Å². The SMILES string of the molecule is Cc1[nH]ncc1CNc1ccc(S(=O)(=O)C(F)(F)F)cc1. The van der Waals surface area contributed by atoms with Gasteiger partial charge in [-0.05, 0) is 31.2 Å². The number of hydrogen-bond donors (Lipinski definition) is 2. The number of rotatable bonds is 4. The van der Waals surface area contributed by atoms with Gasteiger partial charge in [0.2, 0.25) is 0 Å². The van der Waals surface area contributed by atoms with Crippen LogP contribution in [-0.2, 0) is 16.4 Å². The zero-order chi connectivity index (χ0) is 15.7. The first kappa shape index (κ1) is 15.4. The number of hydrogen-bond acceptors (Lipinski definition) is 4.